The Bertz CT molecular complexity index is 362. The second-order valence-corrected chi connectivity index (χ2v) is 5.33. The minimum Gasteiger partial charge on any atom is -0.367 e. The van der Waals surface area contributed by atoms with Gasteiger partial charge >= 0.3 is 0 Å². The lowest BCUT2D eigenvalue weighted by molar-refractivity contribution is 0.533. The van der Waals surface area contributed by atoms with Crippen LogP contribution in [0.2, 0.25) is 0 Å². The first-order valence-corrected chi connectivity index (χ1v) is 7.38. The van der Waals surface area contributed by atoms with Crippen LogP contribution in [0.3, 0.4) is 0 Å². The number of hydrogen-bond donors (Lipinski definition) is 1. The Morgan fingerprint density at radius 3 is 3.00 bits per heavy atom. The third-order valence-electron chi connectivity index (χ3n) is 3.83. The zero-order valence-electron chi connectivity index (χ0n) is 11.8. The summed E-state index contributed by atoms with van der Waals surface area (Å²) < 4.78 is 0. The number of benzene rings is 1. The third-order valence-corrected chi connectivity index (χ3v) is 3.83. The molecule has 18 heavy (non-hydrogen) atoms. The van der Waals surface area contributed by atoms with E-state index in [1.165, 1.54) is 43.5 Å². The summed E-state index contributed by atoms with van der Waals surface area (Å²) in [6.45, 7) is 8.02. The molecule has 0 bridgehead atoms. The molecular weight excluding hydrogens is 220 g/mol. The largest absolute Gasteiger partial charge is 0.367 e. The van der Waals surface area contributed by atoms with E-state index in [-0.39, 0.29) is 0 Å². The van der Waals surface area contributed by atoms with Gasteiger partial charge in [-0.25, -0.2) is 0 Å². The maximum absolute atomic E-state index is 3.57. The lowest BCUT2D eigenvalue weighted by atomic mass is 10.0. The van der Waals surface area contributed by atoms with Gasteiger partial charge in [-0.2, -0.15) is 0 Å². The van der Waals surface area contributed by atoms with E-state index in [1.807, 2.05) is 0 Å². The molecule has 1 atom stereocenters. The first-order valence-electron chi connectivity index (χ1n) is 7.38. The predicted octanol–water partition coefficient (Wildman–Crippen LogP) is 3.22. The summed E-state index contributed by atoms with van der Waals surface area (Å²) in [4.78, 5) is 2.57. The molecule has 0 spiro atoms. The molecule has 0 radical (unpaired) electrons. The zero-order chi connectivity index (χ0) is 12.8. The van der Waals surface area contributed by atoms with Crippen molar-refractivity contribution in [2.45, 2.75) is 45.6 Å². The van der Waals surface area contributed by atoms with Crippen molar-refractivity contribution < 1.29 is 0 Å². The van der Waals surface area contributed by atoms with Gasteiger partial charge < -0.3 is 10.2 Å². The fraction of sp³-hybridized carbons (Fsp3) is 0.625. The highest BCUT2D eigenvalue weighted by Crippen LogP contribution is 2.28. The monoisotopic (exact) mass is 246 g/mol. The second kappa shape index (κ2) is 6.79. The number of unbranched alkanes of at least 4 members (excludes halogenated alkanes) is 1. The maximum Gasteiger partial charge on any atom is 0.0401 e. The summed E-state index contributed by atoms with van der Waals surface area (Å²) in [5, 5.41) is 3.57. The van der Waals surface area contributed by atoms with Crippen LogP contribution in [0.25, 0.3) is 0 Å². The fourth-order valence-corrected chi connectivity index (χ4v) is 2.74. The lowest BCUT2D eigenvalue weighted by Crippen LogP contribution is -2.43. The number of hydrogen-bond acceptors (Lipinski definition) is 2. The van der Waals surface area contributed by atoms with Crippen LogP contribution in [0.1, 0.15) is 38.7 Å². The van der Waals surface area contributed by atoms with Gasteiger partial charge in [0.1, 0.15) is 0 Å². The van der Waals surface area contributed by atoms with Crippen molar-refractivity contribution in [3.8, 4) is 0 Å². The van der Waals surface area contributed by atoms with Crippen LogP contribution in [-0.4, -0.2) is 25.7 Å². The molecule has 2 rings (SSSR count). The van der Waals surface area contributed by atoms with Gasteiger partial charge in [-0.05, 0) is 44.4 Å². The number of rotatable bonds is 6. The quantitative estimate of drug-likeness (QED) is 0.775. The molecule has 0 aliphatic carbocycles. The van der Waals surface area contributed by atoms with Gasteiger partial charge in [0.05, 0.1) is 0 Å². The molecule has 1 unspecified atom stereocenters. The molecule has 1 N–H and O–H groups in total. The van der Waals surface area contributed by atoms with Crippen molar-refractivity contribution in [2.24, 2.45) is 0 Å². The van der Waals surface area contributed by atoms with Crippen LogP contribution < -0.4 is 10.2 Å². The Labute approximate surface area is 111 Å². The minimum absolute atomic E-state index is 0.586. The van der Waals surface area contributed by atoms with Gasteiger partial charge in [-0.3, -0.25) is 0 Å². The molecule has 0 saturated heterocycles. The van der Waals surface area contributed by atoms with Gasteiger partial charge in [-0.15, -0.1) is 0 Å². The maximum atomic E-state index is 3.57. The second-order valence-electron chi connectivity index (χ2n) is 5.33. The Balaban J connectivity index is 1.93. The normalized spacial score (nSPS) is 16.4. The van der Waals surface area contributed by atoms with Crippen LogP contribution in [0.15, 0.2) is 24.3 Å². The Kier molecular flexibility index (Phi) is 5.06. The summed E-state index contributed by atoms with van der Waals surface area (Å²) in [6.07, 6.45) is 5.08. The summed E-state index contributed by atoms with van der Waals surface area (Å²) >= 11 is 0. The fourth-order valence-electron chi connectivity index (χ4n) is 2.74. The molecule has 2 heteroatoms. The number of aryl methyl sites for hydroxylation is 1. The third kappa shape index (κ3) is 3.26. The minimum atomic E-state index is 0.586. The molecule has 0 aromatic heterocycles. The SMILES string of the molecule is CCCCNCC(C)N1CCCc2ccccc21. The van der Waals surface area contributed by atoms with E-state index in [1.54, 1.807) is 0 Å². The zero-order valence-corrected chi connectivity index (χ0v) is 11.8. The molecule has 0 amide bonds. The van der Waals surface area contributed by atoms with Crippen molar-refractivity contribution in [3.63, 3.8) is 0 Å². The molecule has 100 valence electrons. The van der Waals surface area contributed by atoms with Gasteiger partial charge in [0.2, 0.25) is 0 Å². The highest BCUT2D eigenvalue weighted by Gasteiger charge is 2.20. The van der Waals surface area contributed by atoms with Gasteiger partial charge in [-0.1, -0.05) is 31.5 Å². The Morgan fingerprint density at radius 2 is 2.17 bits per heavy atom. The number of nitrogens with one attached hydrogen (secondary N) is 1. The van der Waals surface area contributed by atoms with E-state index >= 15 is 0 Å². The van der Waals surface area contributed by atoms with Crippen molar-refractivity contribution in [2.75, 3.05) is 24.5 Å². The number of fused-ring (bicyclic) bond motifs is 1. The van der Waals surface area contributed by atoms with E-state index < -0.39 is 0 Å². The predicted molar refractivity (Wildman–Crippen MR) is 79.3 cm³/mol. The highest BCUT2D eigenvalue weighted by molar-refractivity contribution is 5.56. The molecule has 1 aromatic carbocycles. The van der Waals surface area contributed by atoms with E-state index in [2.05, 4.69) is 48.3 Å². The molecular formula is C16H26N2. The lowest BCUT2D eigenvalue weighted by Gasteiger charge is -2.36. The van der Waals surface area contributed by atoms with E-state index in [4.69, 9.17) is 0 Å². The molecule has 1 aliphatic heterocycles. The molecule has 1 aromatic rings. The van der Waals surface area contributed by atoms with Crippen molar-refractivity contribution in [1.82, 2.24) is 5.32 Å². The van der Waals surface area contributed by atoms with Crippen LogP contribution in [0.5, 0.6) is 0 Å². The van der Waals surface area contributed by atoms with Crippen LogP contribution in [0.4, 0.5) is 5.69 Å². The summed E-state index contributed by atoms with van der Waals surface area (Å²) in [5.74, 6) is 0. The Hall–Kier alpha value is -1.02. The number of nitrogens with zero attached hydrogens (tertiary/aromatic N) is 1. The standard InChI is InChI=1S/C16H26N2/c1-3-4-11-17-13-14(2)18-12-7-9-15-8-5-6-10-16(15)18/h5-6,8,10,14,17H,3-4,7,9,11-13H2,1-2H3. The topological polar surface area (TPSA) is 15.3 Å². The van der Waals surface area contributed by atoms with E-state index in [0.29, 0.717) is 6.04 Å². The summed E-state index contributed by atoms with van der Waals surface area (Å²) in [6, 6.07) is 9.46. The summed E-state index contributed by atoms with van der Waals surface area (Å²) in [7, 11) is 0. The highest BCUT2D eigenvalue weighted by atomic mass is 15.2. The van der Waals surface area contributed by atoms with Gasteiger partial charge in [0, 0.05) is 24.8 Å². The van der Waals surface area contributed by atoms with Gasteiger partial charge in [0.15, 0.2) is 0 Å². The van der Waals surface area contributed by atoms with E-state index in [0.717, 1.165) is 13.1 Å². The molecule has 2 nitrogen and oxygen atoms in total. The molecule has 0 fully saturated rings. The van der Waals surface area contributed by atoms with Crippen molar-refractivity contribution in [3.05, 3.63) is 29.8 Å². The Morgan fingerprint density at radius 1 is 1.33 bits per heavy atom. The van der Waals surface area contributed by atoms with E-state index in [9.17, 15) is 0 Å². The first-order chi connectivity index (χ1) is 8.83. The number of para-hydroxylation sites is 1. The number of anilines is 1. The molecule has 1 aliphatic rings. The average molecular weight is 246 g/mol. The van der Waals surface area contributed by atoms with Crippen molar-refractivity contribution >= 4 is 5.69 Å². The van der Waals surface area contributed by atoms with Crippen LogP contribution in [0, 0.1) is 0 Å². The van der Waals surface area contributed by atoms with Crippen LogP contribution >= 0.6 is 0 Å². The summed E-state index contributed by atoms with van der Waals surface area (Å²) in [5.41, 5.74) is 2.97. The average Bonchev–Trinajstić information content (AvgIpc) is 2.43. The molecule has 0 saturated carbocycles. The molecule has 1 heterocycles. The van der Waals surface area contributed by atoms with Crippen molar-refractivity contribution in [1.29, 1.82) is 0 Å². The first kappa shape index (κ1) is 13.4. The van der Waals surface area contributed by atoms with Gasteiger partial charge in [0.25, 0.3) is 0 Å². The van der Waals surface area contributed by atoms with Crippen LogP contribution in [-0.2, 0) is 6.42 Å². The smallest absolute Gasteiger partial charge is 0.0401 e.